The van der Waals surface area contributed by atoms with Crippen molar-refractivity contribution in [1.82, 2.24) is 5.32 Å². The van der Waals surface area contributed by atoms with E-state index in [0.29, 0.717) is 22.4 Å². The summed E-state index contributed by atoms with van der Waals surface area (Å²) >= 11 is 13.0. The smallest absolute Gasteiger partial charge is 0.252 e. The van der Waals surface area contributed by atoms with Crippen LogP contribution < -0.4 is 5.32 Å². The van der Waals surface area contributed by atoms with Crippen LogP contribution in [0.2, 0.25) is 5.02 Å². The van der Waals surface area contributed by atoms with Gasteiger partial charge in [-0.05, 0) is 42.9 Å². The Morgan fingerprint density at radius 2 is 2.11 bits per heavy atom. The first-order chi connectivity index (χ1) is 9.11. The van der Waals surface area contributed by atoms with Crippen molar-refractivity contribution < 1.29 is 4.79 Å². The topological polar surface area (TPSA) is 29.1 Å². The average molecular weight is 410 g/mol. The van der Waals surface area contributed by atoms with Crippen molar-refractivity contribution in [2.45, 2.75) is 19.3 Å². The zero-order chi connectivity index (χ0) is 13.8. The molecule has 1 aromatic carbocycles. The third kappa shape index (κ3) is 3.96. The molecule has 2 nitrogen and oxygen atoms in total. The van der Waals surface area contributed by atoms with E-state index in [4.69, 9.17) is 11.6 Å². The Morgan fingerprint density at radius 1 is 1.37 bits per heavy atom. The van der Waals surface area contributed by atoms with Crippen LogP contribution in [0.3, 0.4) is 0 Å². The molecule has 5 heteroatoms. The first-order valence-corrected chi connectivity index (χ1v) is 8.70. The molecule has 2 unspecified atom stereocenters. The zero-order valence-corrected chi connectivity index (χ0v) is 14.4. The number of carbonyl (C=O) groups is 1. The fourth-order valence-electron chi connectivity index (χ4n) is 2.58. The number of carbonyl (C=O) groups excluding carboxylic acids is 1. The molecule has 1 amide bonds. The van der Waals surface area contributed by atoms with Crippen LogP contribution in [0.25, 0.3) is 0 Å². The van der Waals surface area contributed by atoms with Crippen LogP contribution in [0, 0.1) is 11.8 Å². The van der Waals surface area contributed by atoms with Crippen LogP contribution in [0.4, 0.5) is 0 Å². The molecule has 0 aliphatic heterocycles. The second-order valence-corrected chi connectivity index (χ2v) is 6.91. The lowest BCUT2D eigenvalue weighted by Gasteiger charge is -2.18. The molecule has 0 saturated heterocycles. The number of halogens is 3. The van der Waals surface area contributed by atoms with Crippen molar-refractivity contribution in [3.63, 3.8) is 0 Å². The maximum Gasteiger partial charge on any atom is 0.252 e. The molecule has 0 spiro atoms. The highest BCUT2D eigenvalue weighted by molar-refractivity contribution is 9.10. The number of rotatable bonds is 4. The van der Waals surface area contributed by atoms with Gasteiger partial charge in [-0.2, -0.15) is 0 Å². The normalized spacial score (nSPS) is 22.5. The van der Waals surface area contributed by atoms with Crippen molar-refractivity contribution in [1.29, 1.82) is 0 Å². The van der Waals surface area contributed by atoms with E-state index >= 15 is 0 Å². The Balaban J connectivity index is 1.96. The standard InChI is InChI=1S/C14H16Br2ClNO/c15-7-9-2-1-3-10(9)8-18-14(19)12-6-11(16)4-5-13(12)17/h4-6,9-10H,1-3,7-8H2,(H,18,19). The van der Waals surface area contributed by atoms with Crippen LogP contribution in [-0.2, 0) is 0 Å². The van der Waals surface area contributed by atoms with Crippen LogP contribution in [0.1, 0.15) is 29.6 Å². The van der Waals surface area contributed by atoms with Crippen LogP contribution in [0.5, 0.6) is 0 Å². The van der Waals surface area contributed by atoms with Crippen LogP contribution in [0.15, 0.2) is 22.7 Å². The summed E-state index contributed by atoms with van der Waals surface area (Å²) in [5.41, 5.74) is 0.532. The monoisotopic (exact) mass is 407 g/mol. The van der Waals surface area contributed by atoms with Gasteiger partial charge in [0.25, 0.3) is 5.91 Å². The van der Waals surface area contributed by atoms with Crippen molar-refractivity contribution in [2.75, 3.05) is 11.9 Å². The predicted molar refractivity (Wildman–Crippen MR) is 86.1 cm³/mol. The lowest BCUT2D eigenvalue weighted by Crippen LogP contribution is -2.31. The highest BCUT2D eigenvalue weighted by atomic mass is 79.9. The lowest BCUT2D eigenvalue weighted by atomic mass is 9.98. The summed E-state index contributed by atoms with van der Waals surface area (Å²) in [5, 5.41) is 4.52. The minimum atomic E-state index is -0.0912. The Morgan fingerprint density at radius 3 is 2.84 bits per heavy atom. The van der Waals surface area contributed by atoms with Crippen molar-refractivity contribution in [2.24, 2.45) is 11.8 Å². The summed E-state index contributed by atoms with van der Waals surface area (Å²) in [6.07, 6.45) is 3.71. The van der Waals surface area contributed by atoms with Gasteiger partial charge in [0.05, 0.1) is 10.6 Å². The molecule has 0 heterocycles. The molecular formula is C14H16Br2ClNO. The first kappa shape index (κ1) is 15.3. The summed E-state index contributed by atoms with van der Waals surface area (Å²) in [7, 11) is 0. The quantitative estimate of drug-likeness (QED) is 0.721. The van der Waals surface area contributed by atoms with Crippen molar-refractivity contribution >= 4 is 49.4 Å². The van der Waals surface area contributed by atoms with E-state index in [1.54, 1.807) is 12.1 Å². The molecule has 0 aromatic heterocycles. The van der Waals surface area contributed by atoms with E-state index < -0.39 is 0 Å². The number of hydrogen-bond acceptors (Lipinski definition) is 1. The largest absolute Gasteiger partial charge is 0.352 e. The maximum absolute atomic E-state index is 12.1. The van der Waals surface area contributed by atoms with Crippen molar-refractivity contribution in [3.05, 3.63) is 33.3 Å². The van der Waals surface area contributed by atoms with E-state index in [-0.39, 0.29) is 5.91 Å². The SMILES string of the molecule is O=C(NCC1CCCC1CBr)c1cc(Br)ccc1Cl. The van der Waals surface area contributed by atoms with Gasteiger partial charge in [0, 0.05) is 16.3 Å². The van der Waals surface area contributed by atoms with E-state index in [2.05, 4.69) is 37.2 Å². The fraction of sp³-hybridized carbons (Fsp3) is 0.500. The van der Waals surface area contributed by atoms with Gasteiger partial charge >= 0.3 is 0 Å². The Hall–Kier alpha value is -0.0600. The molecule has 104 valence electrons. The Kier molecular flexibility index (Phi) is 5.72. The molecule has 1 aliphatic carbocycles. The second kappa shape index (κ2) is 7.09. The molecule has 19 heavy (non-hydrogen) atoms. The second-order valence-electron chi connectivity index (χ2n) is 4.94. The molecule has 1 aromatic rings. The van der Waals surface area contributed by atoms with Gasteiger partial charge in [-0.15, -0.1) is 0 Å². The van der Waals surface area contributed by atoms with Crippen LogP contribution >= 0.6 is 43.5 Å². The van der Waals surface area contributed by atoms with E-state index in [1.165, 1.54) is 19.3 Å². The summed E-state index contributed by atoms with van der Waals surface area (Å²) in [5.74, 6) is 1.17. The lowest BCUT2D eigenvalue weighted by molar-refractivity contribution is 0.0945. The number of nitrogens with one attached hydrogen (secondary N) is 1. The highest BCUT2D eigenvalue weighted by Gasteiger charge is 2.26. The minimum absolute atomic E-state index is 0.0912. The van der Waals surface area contributed by atoms with Gasteiger partial charge in [0.2, 0.25) is 0 Å². The first-order valence-electron chi connectivity index (χ1n) is 6.41. The van der Waals surface area contributed by atoms with Gasteiger partial charge in [0.1, 0.15) is 0 Å². The number of hydrogen-bond donors (Lipinski definition) is 1. The number of alkyl halides is 1. The average Bonchev–Trinajstić information content (AvgIpc) is 2.86. The minimum Gasteiger partial charge on any atom is -0.352 e. The van der Waals surface area contributed by atoms with E-state index in [1.807, 2.05) is 6.07 Å². The van der Waals surface area contributed by atoms with E-state index in [9.17, 15) is 4.79 Å². The molecule has 0 radical (unpaired) electrons. The Labute approximate surface area is 135 Å². The summed E-state index contributed by atoms with van der Waals surface area (Å²) < 4.78 is 0.862. The maximum atomic E-state index is 12.1. The third-order valence-electron chi connectivity index (χ3n) is 3.71. The summed E-state index contributed by atoms with van der Waals surface area (Å²) in [4.78, 5) is 12.1. The molecular weight excluding hydrogens is 393 g/mol. The van der Waals surface area contributed by atoms with Gasteiger partial charge < -0.3 is 5.32 Å². The van der Waals surface area contributed by atoms with Gasteiger partial charge in [-0.25, -0.2) is 0 Å². The summed E-state index contributed by atoms with van der Waals surface area (Å²) in [6.45, 7) is 0.734. The molecule has 1 fully saturated rings. The zero-order valence-electron chi connectivity index (χ0n) is 10.5. The van der Waals surface area contributed by atoms with Crippen molar-refractivity contribution in [3.8, 4) is 0 Å². The molecule has 2 atom stereocenters. The fourth-order valence-corrected chi connectivity index (χ4v) is 3.99. The van der Waals surface area contributed by atoms with Gasteiger partial charge in [0.15, 0.2) is 0 Å². The number of amides is 1. The van der Waals surface area contributed by atoms with Gasteiger partial charge in [-0.3, -0.25) is 4.79 Å². The molecule has 1 N–H and O–H groups in total. The van der Waals surface area contributed by atoms with Gasteiger partial charge in [-0.1, -0.05) is 49.9 Å². The molecule has 0 bridgehead atoms. The summed E-state index contributed by atoms with van der Waals surface area (Å²) in [6, 6.07) is 5.32. The number of benzene rings is 1. The predicted octanol–water partition coefficient (Wildman–Crippen LogP) is 4.64. The third-order valence-corrected chi connectivity index (χ3v) is 5.37. The Bertz CT molecular complexity index is 467. The van der Waals surface area contributed by atoms with E-state index in [0.717, 1.165) is 16.3 Å². The molecule has 2 rings (SSSR count). The highest BCUT2D eigenvalue weighted by Crippen LogP contribution is 2.32. The van der Waals surface area contributed by atoms with Crippen LogP contribution in [-0.4, -0.2) is 17.8 Å². The molecule has 1 saturated carbocycles. The molecule has 1 aliphatic rings.